The topological polar surface area (TPSA) is 66.6 Å². The van der Waals surface area contributed by atoms with Crippen molar-refractivity contribution in [2.24, 2.45) is 0 Å². The molecule has 0 aliphatic carbocycles. The fraction of sp³-hybridized carbons (Fsp3) is 0.455. The number of nitro benzene ring substituents is 1. The Kier molecular flexibility index (Phi) is 4.84. The standard InChI is InChI=1S/C11H13F3N2O3/c1-15(4-5-17)7-8-2-3-9(16(18)19)6-10(8)11(12,13)14/h2-3,6,17H,4-5,7H2,1H3. The van der Waals surface area contributed by atoms with E-state index in [1.807, 2.05) is 0 Å². The van der Waals surface area contributed by atoms with Crippen molar-refractivity contribution in [3.63, 3.8) is 0 Å². The molecule has 5 nitrogen and oxygen atoms in total. The SMILES string of the molecule is CN(CCO)Cc1ccc([N+](=O)[O-])cc1C(F)(F)F. The summed E-state index contributed by atoms with van der Waals surface area (Å²) in [6.45, 7) is -0.00743. The molecule has 0 saturated heterocycles. The van der Waals surface area contributed by atoms with E-state index in [1.165, 1.54) is 4.90 Å². The number of non-ortho nitro benzene ring substituents is 1. The molecule has 1 aromatic carbocycles. The highest BCUT2D eigenvalue weighted by molar-refractivity contribution is 5.41. The summed E-state index contributed by atoms with van der Waals surface area (Å²) in [4.78, 5) is 11.1. The smallest absolute Gasteiger partial charge is 0.395 e. The van der Waals surface area contributed by atoms with Crippen LogP contribution in [-0.4, -0.2) is 35.1 Å². The van der Waals surface area contributed by atoms with E-state index in [1.54, 1.807) is 7.05 Å². The molecule has 0 aromatic heterocycles. The van der Waals surface area contributed by atoms with Gasteiger partial charge in [-0.3, -0.25) is 15.0 Å². The first-order valence-corrected chi connectivity index (χ1v) is 5.39. The minimum atomic E-state index is -4.65. The number of alkyl halides is 3. The van der Waals surface area contributed by atoms with Gasteiger partial charge >= 0.3 is 6.18 Å². The van der Waals surface area contributed by atoms with Gasteiger partial charge < -0.3 is 5.11 Å². The van der Waals surface area contributed by atoms with Crippen molar-refractivity contribution in [2.75, 3.05) is 20.2 Å². The molecular weight excluding hydrogens is 265 g/mol. The Morgan fingerprint density at radius 2 is 2.05 bits per heavy atom. The fourth-order valence-corrected chi connectivity index (χ4v) is 1.62. The van der Waals surface area contributed by atoms with Crippen LogP contribution >= 0.6 is 0 Å². The van der Waals surface area contributed by atoms with Gasteiger partial charge in [0.1, 0.15) is 0 Å². The number of hydrogen-bond acceptors (Lipinski definition) is 4. The molecule has 0 bridgehead atoms. The van der Waals surface area contributed by atoms with E-state index in [0.717, 1.165) is 12.1 Å². The lowest BCUT2D eigenvalue weighted by atomic mass is 10.1. The van der Waals surface area contributed by atoms with E-state index in [2.05, 4.69) is 0 Å². The number of aliphatic hydroxyl groups excluding tert-OH is 1. The third-order valence-corrected chi connectivity index (χ3v) is 2.53. The fourth-order valence-electron chi connectivity index (χ4n) is 1.62. The number of benzene rings is 1. The van der Waals surface area contributed by atoms with Gasteiger partial charge in [0.2, 0.25) is 0 Å². The van der Waals surface area contributed by atoms with Crippen LogP contribution in [0.1, 0.15) is 11.1 Å². The summed E-state index contributed by atoms with van der Waals surface area (Å²) < 4.78 is 38.5. The van der Waals surface area contributed by atoms with Gasteiger partial charge in [0.05, 0.1) is 17.1 Å². The Bertz CT molecular complexity index is 463. The van der Waals surface area contributed by atoms with Crippen LogP contribution in [-0.2, 0) is 12.7 Å². The van der Waals surface area contributed by atoms with Gasteiger partial charge in [-0.15, -0.1) is 0 Å². The molecule has 0 fully saturated rings. The predicted molar refractivity (Wildman–Crippen MR) is 61.5 cm³/mol. The Balaban J connectivity index is 3.13. The van der Waals surface area contributed by atoms with Crippen molar-refractivity contribution in [2.45, 2.75) is 12.7 Å². The predicted octanol–water partition coefficient (Wildman–Crippen LogP) is 2.04. The zero-order valence-electron chi connectivity index (χ0n) is 10.1. The number of halogens is 3. The summed E-state index contributed by atoms with van der Waals surface area (Å²) in [6.07, 6.45) is -4.65. The highest BCUT2D eigenvalue weighted by atomic mass is 19.4. The molecule has 19 heavy (non-hydrogen) atoms. The van der Waals surface area contributed by atoms with Crippen LogP contribution in [0.15, 0.2) is 18.2 Å². The number of nitro groups is 1. The van der Waals surface area contributed by atoms with Crippen LogP contribution in [0.3, 0.4) is 0 Å². The third kappa shape index (κ3) is 4.18. The average molecular weight is 278 g/mol. The maximum atomic E-state index is 12.8. The van der Waals surface area contributed by atoms with E-state index in [4.69, 9.17) is 5.11 Å². The van der Waals surface area contributed by atoms with Crippen molar-refractivity contribution in [1.29, 1.82) is 0 Å². The van der Waals surface area contributed by atoms with Crippen molar-refractivity contribution < 1.29 is 23.2 Å². The normalized spacial score (nSPS) is 11.9. The van der Waals surface area contributed by atoms with Gasteiger partial charge in [-0.05, 0) is 12.6 Å². The molecule has 0 atom stereocenters. The molecule has 106 valence electrons. The summed E-state index contributed by atoms with van der Waals surface area (Å²) in [5, 5.41) is 19.2. The summed E-state index contributed by atoms with van der Waals surface area (Å²) >= 11 is 0. The molecule has 1 rings (SSSR count). The van der Waals surface area contributed by atoms with Gasteiger partial charge in [0.25, 0.3) is 5.69 Å². The molecule has 0 heterocycles. The van der Waals surface area contributed by atoms with Crippen molar-refractivity contribution >= 4 is 5.69 Å². The van der Waals surface area contributed by atoms with E-state index in [9.17, 15) is 23.3 Å². The van der Waals surface area contributed by atoms with Crippen LogP contribution in [0.4, 0.5) is 18.9 Å². The van der Waals surface area contributed by atoms with Crippen LogP contribution in [0, 0.1) is 10.1 Å². The zero-order chi connectivity index (χ0) is 14.6. The van der Waals surface area contributed by atoms with E-state index >= 15 is 0 Å². The Labute approximate surface area is 107 Å². The second-order valence-corrected chi connectivity index (χ2v) is 4.06. The van der Waals surface area contributed by atoms with Crippen molar-refractivity contribution in [1.82, 2.24) is 4.90 Å². The van der Waals surface area contributed by atoms with Crippen LogP contribution in [0.5, 0.6) is 0 Å². The summed E-state index contributed by atoms with van der Waals surface area (Å²) in [5.41, 5.74) is -1.68. The summed E-state index contributed by atoms with van der Waals surface area (Å²) in [5.74, 6) is 0. The maximum Gasteiger partial charge on any atom is 0.416 e. The number of rotatable bonds is 5. The lowest BCUT2D eigenvalue weighted by molar-refractivity contribution is -0.385. The van der Waals surface area contributed by atoms with Gasteiger partial charge in [-0.25, -0.2) is 0 Å². The maximum absolute atomic E-state index is 12.8. The monoisotopic (exact) mass is 278 g/mol. The Morgan fingerprint density at radius 3 is 2.53 bits per heavy atom. The molecule has 8 heteroatoms. The zero-order valence-corrected chi connectivity index (χ0v) is 10.1. The second kappa shape index (κ2) is 5.98. The Hall–Kier alpha value is -1.67. The van der Waals surface area contributed by atoms with Crippen LogP contribution in [0.25, 0.3) is 0 Å². The number of likely N-dealkylation sites (N-methyl/N-ethyl adjacent to an activating group) is 1. The minimum absolute atomic E-state index is 0.0482. The number of nitrogens with zero attached hydrogens (tertiary/aromatic N) is 2. The van der Waals surface area contributed by atoms with E-state index in [0.29, 0.717) is 6.07 Å². The minimum Gasteiger partial charge on any atom is -0.395 e. The van der Waals surface area contributed by atoms with Gasteiger partial charge in [0, 0.05) is 25.2 Å². The first kappa shape index (κ1) is 15.4. The summed E-state index contributed by atoms with van der Waals surface area (Å²) in [6, 6.07) is 2.66. The molecular formula is C11H13F3N2O3. The molecule has 1 N–H and O–H groups in total. The highest BCUT2D eigenvalue weighted by Gasteiger charge is 2.35. The molecule has 0 aliphatic rings. The van der Waals surface area contributed by atoms with Crippen molar-refractivity contribution in [3.8, 4) is 0 Å². The van der Waals surface area contributed by atoms with Gasteiger partial charge in [0.15, 0.2) is 0 Å². The highest BCUT2D eigenvalue weighted by Crippen LogP contribution is 2.34. The Morgan fingerprint density at radius 1 is 1.42 bits per heavy atom. The lowest BCUT2D eigenvalue weighted by Crippen LogP contribution is -2.23. The largest absolute Gasteiger partial charge is 0.416 e. The number of hydrogen-bond donors (Lipinski definition) is 1. The molecule has 0 saturated carbocycles. The lowest BCUT2D eigenvalue weighted by Gasteiger charge is -2.18. The van der Waals surface area contributed by atoms with Gasteiger partial charge in [-0.1, -0.05) is 6.07 Å². The quantitative estimate of drug-likeness (QED) is 0.661. The molecule has 0 aliphatic heterocycles. The van der Waals surface area contributed by atoms with E-state index < -0.39 is 22.4 Å². The van der Waals surface area contributed by atoms with E-state index in [-0.39, 0.29) is 25.3 Å². The average Bonchev–Trinajstić information content (AvgIpc) is 2.27. The third-order valence-electron chi connectivity index (χ3n) is 2.53. The molecule has 0 spiro atoms. The molecule has 1 aromatic rings. The second-order valence-electron chi connectivity index (χ2n) is 4.06. The number of aliphatic hydroxyl groups is 1. The molecule has 0 unspecified atom stereocenters. The van der Waals surface area contributed by atoms with Gasteiger partial charge in [-0.2, -0.15) is 13.2 Å². The van der Waals surface area contributed by atoms with Crippen LogP contribution in [0.2, 0.25) is 0 Å². The summed E-state index contributed by atoms with van der Waals surface area (Å²) in [7, 11) is 1.55. The molecule has 0 amide bonds. The first-order chi connectivity index (χ1) is 8.75. The molecule has 0 radical (unpaired) electrons. The van der Waals surface area contributed by atoms with Crippen LogP contribution < -0.4 is 0 Å². The first-order valence-electron chi connectivity index (χ1n) is 5.39. The van der Waals surface area contributed by atoms with Crippen molar-refractivity contribution in [3.05, 3.63) is 39.4 Å².